The van der Waals surface area contributed by atoms with Gasteiger partial charge in [0.05, 0.1) is 0 Å². The van der Waals surface area contributed by atoms with Crippen LogP contribution in [0.25, 0.3) is 0 Å². The van der Waals surface area contributed by atoms with Crippen LogP contribution in [0.2, 0.25) is 0 Å². The second-order valence-electron chi connectivity index (χ2n) is 6.40. The van der Waals surface area contributed by atoms with Crippen LogP contribution < -0.4 is 15.1 Å². The minimum atomic E-state index is 0.629. The number of hydrogen-bond donors (Lipinski definition) is 1. The number of nitrogens with one attached hydrogen (secondary N) is 1. The molecule has 1 aliphatic carbocycles. The van der Waals surface area contributed by atoms with Crippen LogP contribution in [-0.2, 0) is 0 Å². The standard InChI is InChI=1S/C16H23N7S/c1-3-17-15-18-11(2)10-13(19-15)22-6-8-23(9-7-22)16-20-14(21-24-16)12-4-5-12/h10,12H,3-9H2,1-2H3,(H,17,18,19). The zero-order chi connectivity index (χ0) is 16.5. The molecule has 1 N–H and O–H groups in total. The number of piperazine rings is 1. The Kier molecular flexibility index (Phi) is 4.22. The highest BCUT2D eigenvalue weighted by atomic mass is 32.1. The predicted molar refractivity (Wildman–Crippen MR) is 97.2 cm³/mol. The van der Waals surface area contributed by atoms with Gasteiger partial charge in [-0.1, -0.05) is 0 Å². The van der Waals surface area contributed by atoms with E-state index in [0.717, 1.165) is 55.2 Å². The summed E-state index contributed by atoms with van der Waals surface area (Å²) in [5.41, 5.74) is 0.997. The van der Waals surface area contributed by atoms with Crippen molar-refractivity contribution in [1.29, 1.82) is 0 Å². The Bertz CT molecular complexity index is 704. The number of aryl methyl sites for hydroxylation is 1. The van der Waals surface area contributed by atoms with Crippen LogP contribution in [0.3, 0.4) is 0 Å². The van der Waals surface area contributed by atoms with Crippen molar-refractivity contribution in [3.8, 4) is 0 Å². The van der Waals surface area contributed by atoms with Crippen LogP contribution in [-0.4, -0.2) is 52.0 Å². The van der Waals surface area contributed by atoms with Gasteiger partial charge in [-0.3, -0.25) is 0 Å². The molecule has 1 saturated carbocycles. The Morgan fingerprint density at radius 2 is 1.88 bits per heavy atom. The van der Waals surface area contributed by atoms with Crippen molar-refractivity contribution in [2.24, 2.45) is 0 Å². The minimum Gasteiger partial charge on any atom is -0.354 e. The molecule has 0 bridgehead atoms. The van der Waals surface area contributed by atoms with Crippen LogP contribution in [0, 0.1) is 6.92 Å². The molecule has 0 unspecified atom stereocenters. The average molecular weight is 345 g/mol. The van der Waals surface area contributed by atoms with Crippen molar-refractivity contribution in [3.05, 3.63) is 17.6 Å². The molecule has 0 radical (unpaired) electrons. The summed E-state index contributed by atoms with van der Waals surface area (Å²) in [6.45, 7) is 8.71. The first-order chi connectivity index (χ1) is 11.7. The molecule has 0 spiro atoms. The van der Waals surface area contributed by atoms with Gasteiger partial charge in [0.15, 0.2) is 0 Å². The molecular weight excluding hydrogens is 322 g/mol. The molecule has 0 amide bonds. The lowest BCUT2D eigenvalue weighted by Crippen LogP contribution is -2.47. The average Bonchev–Trinajstić information content (AvgIpc) is 3.32. The van der Waals surface area contributed by atoms with Crippen molar-refractivity contribution < 1.29 is 0 Å². The van der Waals surface area contributed by atoms with Gasteiger partial charge >= 0.3 is 0 Å². The summed E-state index contributed by atoms with van der Waals surface area (Å²) in [4.78, 5) is 18.5. The lowest BCUT2D eigenvalue weighted by atomic mass is 10.3. The highest BCUT2D eigenvalue weighted by Crippen LogP contribution is 2.39. The maximum Gasteiger partial charge on any atom is 0.224 e. The van der Waals surface area contributed by atoms with Crippen LogP contribution in [0.4, 0.5) is 16.9 Å². The molecule has 1 aliphatic heterocycles. The summed E-state index contributed by atoms with van der Waals surface area (Å²) < 4.78 is 4.52. The Labute approximate surface area is 146 Å². The third-order valence-electron chi connectivity index (χ3n) is 4.42. The Morgan fingerprint density at radius 3 is 2.58 bits per heavy atom. The monoisotopic (exact) mass is 345 g/mol. The van der Waals surface area contributed by atoms with Crippen molar-refractivity contribution in [2.75, 3.05) is 47.8 Å². The van der Waals surface area contributed by atoms with Crippen LogP contribution in [0.1, 0.15) is 37.2 Å². The molecule has 0 aromatic carbocycles. The molecule has 1 saturated heterocycles. The summed E-state index contributed by atoms with van der Waals surface area (Å²) in [5, 5.41) is 4.28. The Morgan fingerprint density at radius 1 is 1.12 bits per heavy atom. The van der Waals surface area contributed by atoms with Gasteiger partial charge in [0.25, 0.3) is 0 Å². The van der Waals surface area contributed by atoms with Crippen molar-refractivity contribution >= 4 is 28.4 Å². The number of rotatable bonds is 5. The zero-order valence-electron chi connectivity index (χ0n) is 14.2. The van der Waals surface area contributed by atoms with E-state index in [1.54, 1.807) is 11.5 Å². The van der Waals surface area contributed by atoms with Gasteiger partial charge in [0, 0.05) is 61.9 Å². The summed E-state index contributed by atoms with van der Waals surface area (Å²) >= 11 is 1.54. The van der Waals surface area contributed by atoms with Gasteiger partial charge in [0.1, 0.15) is 11.6 Å². The lowest BCUT2D eigenvalue weighted by Gasteiger charge is -2.35. The maximum absolute atomic E-state index is 4.73. The number of anilines is 3. The Balaban J connectivity index is 1.41. The van der Waals surface area contributed by atoms with Crippen LogP contribution >= 0.6 is 11.5 Å². The van der Waals surface area contributed by atoms with Gasteiger partial charge in [-0.15, -0.1) is 0 Å². The summed E-state index contributed by atoms with van der Waals surface area (Å²) in [6.07, 6.45) is 2.51. The van der Waals surface area contributed by atoms with Gasteiger partial charge < -0.3 is 15.1 Å². The van der Waals surface area contributed by atoms with Crippen molar-refractivity contribution in [2.45, 2.75) is 32.6 Å². The second-order valence-corrected chi connectivity index (χ2v) is 7.14. The minimum absolute atomic E-state index is 0.629. The van der Waals surface area contributed by atoms with E-state index < -0.39 is 0 Å². The quantitative estimate of drug-likeness (QED) is 0.891. The first kappa shape index (κ1) is 15.6. The SMILES string of the molecule is CCNc1nc(C)cc(N2CCN(c3nc(C4CC4)ns3)CC2)n1. The van der Waals surface area contributed by atoms with E-state index in [-0.39, 0.29) is 0 Å². The molecule has 4 rings (SSSR count). The fourth-order valence-corrected chi connectivity index (χ4v) is 3.74. The van der Waals surface area contributed by atoms with Crippen molar-refractivity contribution in [3.63, 3.8) is 0 Å². The molecule has 2 aromatic heterocycles. The normalized spacial score (nSPS) is 18.1. The topological polar surface area (TPSA) is 70.1 Å². The first-order valence-electron chi connectivity index (χ1n) is 8.66. The molecule has 2 aromatic rings. The molecule has 3 heterocycles. The fourth-order valence-electron chi connectivity index (χ4n) is 2.94. The lowest BCUT2D eigenvalue weighted by molar-refractivity contribution is 0.644. The highest BCUT2D eigenvalue weighted by molar-refractivity contribution is 7.09. The third kappa shape index (κ3) is 3.28. The van der Waals surface area contributed by atoms with E-state index in [2.05, 4.69) is 42.4 Å². The molecule has 24 heavy (non-hydrogen) atoms. The zero-order valence-corrected chi connectivity index (χ0v) is 15.0. The molecule has 128 valence electrons. The molecule has 2 fully saturated rings. The van der Waals surface area contributed by atoms with E-state index in [0.29, 0.717) is 11.9 Å². The molecule has 7 nitrogen and oxygen atoms in total. The summed E-state index contributed by atoms with van der Waals surface area (Å²) in [7, 11) is 0. The predicted octanol–water partition coefficient (Wildman–Crippen LogP) is 2.27. The van der Waals surface area contributed by atoms with Gasteiger partial charge in [-0.25, -0.2) is 9.97 Å². The van der Waals surface area contributed by atoms with E-state index in [1.807, 2.05) is 6.92 Å². The summed E-state index contributed by atoms with van der Waals surface area (Å²) in [5.74, 6) is 3.41. The number of nitrogens with zero attached hydrogens (tertiary/aromatic N) is 6. The molecule has 2 aliphatic rings. The number of aromatic nitrogens is 4. The van der Waals surface area contributed by atoms with Gasteiger partial charge in [-0.05, 0) is 26.7 Å². The van der Waals surface area contributed by atoms with E-state index in [1.165, 1.54) is 12.8 Å². The van der Waals surface area contributed by atoms with E-state index in [4.69, 9.17) is 4.98 Å². The van der Waals surface area contributed by atoms with Crippen LogP contribution in [0.15, 0.2) is 6.07 Å². The Hall–Kier alpha value is -1.96. The van der Waals surface area contributed by atoms with Crippen molar-refractivity contribution in [1.82, 2.24) is 19.3 Å². The van der Waals surface area contributed by atoms with Crippen LogP contribution in [0.5, 0.6) is 0 Å². The van der Waals surface area contributed by atoms with E-state index in [9.17, 15) is 0 Å². The first-order valence-corrected chi connectivity index (χ1v) is 9.43. The molecular formula is C16H23N7S. The summed E-state index contributed by atoms with van der Waals surface area (Å²) in [6, 6.07) is 2.06. The largest absolute Gasteiger partial charge is 0.354 e. The third-order valence-corrected chi connectivity index (χ3v) is 5.21. The maximum atomic E-state index is 4.73. The highest BCUT2D eigenvalue weighted by Gasteiger charge is 2.29. The van der Waals surface area contributed by atoms with Gasteiger partial charge in [-0.2, -0.15) is 9.36 Å². The van der Waals surface area contributed by atoms with Gasteiger partial charge in [0.2, 0.25) is 11.1 Å². The van der Waals surface area contributed by atoms with E-state index >= 15 is 0 Å². The molecule has 8 heteroatoms. The molecule has 0 atom stereocenters. The number of hydrogen-bond acceptors (Lipinski definition) is 8. The second kappa shape index (κ2) is 6.51. The fraction of sp³-hybridized carbons (Fsp3) is 0.625. The smallest absolute Gasteiger partial charge is 0.224 e.